The maximum atomic E-state index is 12.9. The summed E-state index contributed by atoms with van der Waals surface area (Å²) in [4.78, 5) is 2.27. The van der Waals surface area contributed by atoms with E-state index in [1.165, 1.54) is 12.1 Å². The third-order valence-electron chi connectivity index (χ3n) is 3.78. The van der Waals surface area contributed by atoms with Crippen molar-refractivity contribution in [3.8, 4) is 0 Å². The molecule has 0 saturated carbocycles. The molecule has 3 nitrogen and oxygen atoms in total. The molecule has 106 valence electrons. The number of ether oxygens (including phenoxy) is 1. The van der Waals surface area contributed by atoms with Crippen LogP contribution in [0.25, 0.3) is 0 Å². The number of rotatable bonds is 6. The van der Waals surface area contributed by atoms with Gasteiger partial charge in [-0.25, -0.2) is 4.39 Å². The molecule has 0 aromatic heterocycles. The van der Waals surface area contributed by atoms with Crippen LogP contribution in [0.5, 0.6) is 0 Å². The third-order valence-corrected chi connectivity index (χ3v) is 3.78. The largest absolute Gasteiger partial charge is 0.381 e. The third kappa shape index (κ3) is 4.27. The van der Waals surface area contributed by atoms with E-state index in [2.05, 4.69) is 17.3 Å². The smallest absolute Gasteiger partial charge is 0.123 e. The van der Waals surface area contributed by atoms with Crippen molar-refractivity contribution < 1.29 is 9.13 Å². The van der Waals surface area contributed by atoms with Crippen LogP contribution < -0.4 is 5.32 Å². The molecule has 1 aromatic carbocycles. The van der Waals surface area contributed by atoms with Crippen molar-refractivity contribution in [3.63, 3.8) is 0 Å². The summed E-state index contributed by atoms with van der Waals surface area (Å²) in [5, 5.41) is 3.39. The highest BCUT2D eigenvalue weighted by molar-refractivity contribution is 5.15. The SMILES string of the molecule is CNC(CN(C)Cc1ccc(F)cc1)C1CCOC1. The van der Waals surface area contributed by atoms with Crippen LogP contribution in [-0.4, -0.2) is 44.8 Å². The minimum absolute atomic E-state index is 0.178. The number of nitrogens with one attached hydrogen (secondary N) is 1. The zero-order chi connectivity index (χ0) is 13.7. The molecular weight excluding hydrogens is 243 g/mol. The average Bonchev–Trinajstić information content (AvgIpc) is 2.92. The van der Waals surface area contributed by atoms with Crippen LogP contribution in [0.3, 0.4) is 0 Å². The van der Waals surface area contributed by atoms with E-state index in [1.54, 1.807) is 0 Å². The van der Waals surface area contributed by atoms with Crippen LogP contribution >= 0.6 is 0 Å². The highest BCUT2D eigenvalue weighted by atomic mass is 19.1. The first-order chi connectivity index (χ1) is 9.19. The van der Waals surface area contributed by atoms with Crippen molar-refractivity contribution in [2.45, 2.75) is 19.0 Å². The van der Waals surface area contributed by atoms with Crippen LogP contribution in [0.4, 0.5) is 4.39 Å². The first-order valence-corrected chi connectivity index (χ1v) is 6.87. The van der Waals surface area contributed by atoms with Gasteiger partial charge in [0.25, 0.3) is 0 Å². The lowest BCUT2D eigenvalue weighted by Gasteiger charge is -2.27. The zero-order valence-electron chi connectivity index (χ0n) is 11.7. The maximum Gasteiger partial charge on any atom is 0.123 e. The number of likely N-dealkylation sites (N-methyl/N-ethyl adjacent to an activating group) is 2. The van der Waals surface area contributed by atoms with Crippen LogP contribution in [0.2, 0.25) is 0 Å². The Labute approximate surface area is 114 Å². The van der Waals surface area contributed by atoms with Gasteiger partial charge in [-0.2, -0.15) is 0 Å². The average molecular weight is 266 g/mol. The highest BCUT2D eigenvalue weighted by Crippen LogP contribution is 2.17. The molecule has 0 aliphatic carbocycles. The summed E-state index contributed by atoms with van der Waals surface area (Å²) < 4.78 is 18.3. The molecule has 2 rings (SSSR count). The summed E-state index contributed by atoms with van der Waals surface area (Å²) in [5.41, 5.74) is 1.14. The number of benzene rings is 1. The normalized spacial score (nSPS) is 20.9. The predicted molar refractivity (Wildman–Crippen MR) is 74.5 cm³/mol. The second-order valence-corrected chi connectivity index (χ2v) is 5.34. The van der Waals surface area contributed by atoms with Gasteiger partial charge in [-0.05, 0) is 38.2 Å². The van der Waals surface area contributed by atoms with E-state index in [1.807, 2.05) is 19.2 Å². The number of halogens is 1. The fourth-order valence-corrected chi connectivity index (χ4v) is 2.65. The summed E-state index contributed by atoms with van der Waals surface area (Å²) in [5.74, 6) is 0.420. The van der Waals surface area contributed by atoms with Crippen molar-refractivity contribution >= 4 is 0 Å². The minimum atomic E-state index is -0.178. The minimum Gasteiger partial charge on any atom is -0.381 e. The Balaban J connectivity index is 1.85. The summed E-state index contributed by atoms with van der Waals surface area (Å²) in [6.45, 7) is 3.55. The Hall–Kier alpha value is -0.970. The maximum absolute atomic E-state index is 12.9. The monoisotopic (exact) mass is 266 g/mol. The molecular formula is C15H23FN2O. The Morgan fingerprint density at radius 3 is 2.74 bits per heavy atom. The summed E-state index contributed by atoms with van der Waals surface area (Å²) in [6.07, 6.45) is 1.13. The molecule has 0 radical (unpaired) electrons. The van der Waals surface area contributed by atoms with Gasteiger partial charge in [0, 0.05) is 31.7 Å². The lowest BCUT2D eigenvalue weighted by Crippen LogP contribution is -2.43. The van der Waals surface area contributed by atoms with Crippen LogP contribution in [0.15, 0.2) is 24.3 Å². The first-order valence-electron chi connectivity index (χ1n) is 6.87. The van der Waals surface area contributed by atoms with Gasteiger partial charge in [0.15, 0.2) is 0 Å². The fraction of sp³-hybridized carbons (Fsp3) is 0.600. The Bertz CT molecular complexity index is 376. The van der Waals surface area contributed by atoms with Gasteiger partial charge in [0.1, 0.15) is 5.82 Å². The van der Waals surface area contributed by atoms with Crippen molar-refractivity contribution in [1.82, 2.24) is 10.2 Å². The van der Waals surface area contributed by atoms with Crippen LogP contribution in [0, 0.1) is 11.7 Å². The number of hydrogen-bond donors (Lipinski definition) is 1. The van der Waals surface area contributed by atoms with E-state index in [0.29, 0.717) is 12.0 Å². The number of hydrogen-bond acceptors (Lipinski definition) is 3. The lowest BCUT2D eigenvalue weighted by molar-refractivity contribution is 0.167. The van der Waals surface area contributed by atoms with E-state index in [9.17, 15) is 4.39 Å². The molecule has 1 aromatic rings. The molecule has 1 heterocycles. The molecule has 19 heavy (non-hydrogen) atoms. The molecule has 2 atom stereocenters. The predicted octanol–water partition coefficient (Wildman–Crippen LogP) is 1.88. The Morgan fingerprint density at radius 1 is 1.42 bits per heavy atom. The topological polar surface area (TPSA) is 24.5 Å². The molecule has 1 aliphatic rings. The van der Waals surface area contributed by atoms with Crippen LogP contribution in [-0.2, 0) is 11.3 Å². The van der Waals surface area contributed by atoms with Crippen molar-refractivity contribution in [2.24, 2.45) is 5.92 Å². The van der Waals surface area contributed by atoms with E-state index in [0.717, 1.165) is 38.3 Å². The Morgan fingerprint density at radius 2 is 2.16 bits per heavy atom. The van der Waals surface area contributed by atoms with Crippen molar-refractivity contribution in [1.29, 1.82) is 0 Å². The van der Waals surface area contributed by atoms with Gasteiger partial charge in [-0.1, -0.05) is 12.1 Å². The van der Waals surface area contributed by atoms with Gasteiger partial charge in [-0.15, -0.1) is 0 Å². The molecule has 1 aliphatic heterocycles. The van der Waals surface area contributed by atoms with Crippen molar-refractivity contribution in [3.05, 3.63) is 35.6 Å². The second-order valence-electron chi connectivity index (χ2n) is 5.34. The standard InChI is InChI=1S/C15H23FN2O/c1-17-15(13-7-8-19-11-13)10-18(2)9-12-3-5-14(16)6-4-12/h3-6,13,15,17H,7-11H2,1-2H3. The van der Waals surface area contributed by atoms with Gasteiger partial charge in [-0.3, -0.25) is 0 Å². The van der Waals surface area contributed by atoms with Gasteiger partial charge >= 0.3 is 0 Å². The quantitative estimate of drug-likeness (QED) is 0.851. The summed E-state index contributed by atoms with van der Waals surface area (Å²) in [7, 11) is 4.11. The molecule has 4 heteroatoms. The van der Waals surface area contributed by atoms with E-state index < -0.39 is 0 Å². The van der Waals surface area contributed by atoms with Gasteiger partial charge in [0.2, 0.25) is 0 Å². The summed E-state index contributed by atoms with van der Waals surface area (Å²) in [6, 6.07) is 7.18. The molecule has 1 saturated heterocycles. The second kappa shape index (κ2) is 6.98. The molecule has 0 amide bonds. The van der Waals surface area contributed by atoms with Gasteiger partial charge in [0.05, 0.1) is 6.61 Å². The van der Waals surface area contributed by atoms with E-state index >= 15 is 0 Å². The zero-order valence-corrected chi connectivity index (χ0v) is 11.7. The molecule has 2 unspecified atom stereocenters. The Kier molecular flexibility index (Phi) is 5.31. The molecule has 1 fully saturated rings. The molecule has 0 spiro atoms. The van der Waals surface area contributed by atoms with E-state index in [-0.39, 0.29) is 5.82 Å². The number of nitrogens with zero attached hydrogens (tertiary/aromatic N) is 1. The molecule has 0 bridgehead atoms. The first kappa shape index (κ1) is 14.4. The van der Waals surface area contributed by atoms with E-state index in [4.69, 9.17) is 4.74 Å². The van der Waals surface area contributed by atoms with Crippen LogP contribution in [0.1, 0.15) is 12.0 Å². The fourth-order valence-electron chi connectivity index (χ4n) is 2.65. The highest BCUT2D eigenvalue weighted by Gasteiger charge is 2.25. The summed E-state index contributed by atoms with van der Waals surface area (Å²) >= 11 is 0. The van der Waals surface area contributed by atoms with Crippen molar-refractivity contribution in [2.75, 3.05) is 33.9 Å². The lowest BCUT2D eigenvalue weighted by atomic mass is 9.98. The van der Waals surface area contributed by atoms with Gasteiger partial charge < -0.3 is 15.0 Å². The molecule has 1 N–H and O–H groups in total.